The number of carbonyl (C=O) groups is 1. The van der Waals surface area contributed by atoms with Gasteiger partial charge < -0.3 is 10.1 Å². The minimum absolute atomic E-state index is 0.381. The van der Waals surface area contributed by atoms with Crippen molar-refractivity contribution in [1.29, 1.82) is 0 Å². The Morgan fingerprint density at radius 1 is 1.00 bits per heavy atom. The first kappa shape index (κ1) is 13.1. The van der Waals surface area contributed by atoms with Gasteiger partial charge in [0.2, 0.25) is 0 Å². The van der Waals surface area contributed by atoms with Gasteiger partial charge in [-0.25, -0.2) is 4.79 Å². The molecule has 0 radical (unpaired) electrons. The second-order valence-electron chi connectivity index (χ2n) is 4.14. The zero-order chi connectivity index (χ0) is 13.5. The number of carbonyl (C=O) groups excluding carboxylic acids is 1. The Hall–Kier alpha value is -2.29. The molecule has 3 nitrogen and oxygen atoms in total. The van der Waals surface area contributed by atoms with Crippen LogP contribution in [0, 0.1) is 0 Å². The number of rotatable bonds is 4. The Balaban J connectivity index is 2.26. The zero-order valence-electron chi connectivity index (χ0n) is 10.9. The van der Waals surface area contributed by atoms with Crippen LogP contribution in [0.2, 0.25) is 0 Å². The van der Waals surface area contributed by atoms with Gasteiger partial charge >= 0.3 is 6.09 Å². The predicted molar refractivity (Wildman–Crippen MR) is 74.9 cm³/mol. The number of ether oxygens (including phenoxy) is 1. The van der Waals surface area contributed by atoms with Crippen LogP contribution in [0.15, 0.2) is 60.7 Å². The predicted octanol–water partition coefficient (Wildman–Crippen LogP) is 3.52. The van der Waals surface area contributed by atoms with E-state index >= 15 is 0 Å². The van der Waals surface area contributed by atoms with Gasteiger partial charge in [-0.05, 0) is 18.1 Å². The number of benzene rings is 2. The third kappa shape index (κ3) is 3.58. The molecule has 0 saturated carbocycles. The lowest BCUT2D eigenvalue weighted by molar-refractivity contribution is 0.117. The van der Waals surface area contributed by atoms with Crippen molar-refractivity contribution in [3.63, 3.8) is 0 Å². The first-order valence-corrected chi connectivity index (χ1v) is 6.35. The van der Waals surface area contributed by atoms with Crippen LogP contribution >= 0.6 is 0 Å². The van der Waals surface area contributed by atoms with E-state index in [1.807, 2.05) is 67.6 Å². The summed E-state index contributed by atoms with van der Waals surface area (Å²) in [5.74, 6) is 0. The molecule has 0 aliphatic carbocycles. The third-order valence-corrected chi connectivity index (χ3v) is 2.75. The first-order chi connectivity index (χ1) is 9.31. The molecule has 0 saturated heterocycles. The molecular weight excluding hydrogens is 238 g/mol. The SMILES string of the molecule is CCNC(=O)OC(c1ccccc1)c1ccccc1. The van der Waals surface area contributed by atoms with E-state index in [0.29, 0.717) is 6.54 Å². The molecule has 0 aromatic heterocycles. The molecule has 98 valence electrons. The summed E-state index contributed by atoms with van der Waals surface area (Å²) in [7, 11) is 0. The van der Waals surface area contributed by atoms with Gasteiger partial charge in [0.1, 0.15) is 0 Å². The maximum atomic E-state index is 11.7. The third-order valence-electron chi connectivity index (χ3n) is 2.75. The largest absolute Gasteiger partial charge is 0.436 e. The molecule has 0 unspecified atom stereocenters. The van der Waals surface area contributed by atoms with Crippen molar-refractivity contribution in [3.05, 3.63) is 71.8 Å². The van der Waals surface area contributed by atoms with Gasteiger partial charge in [-0.2, -0.15) is 0 Å². The van der Waals surface area contributed by atoms with Crippen molar-refractivity contribution in [3.8, 4) is 0 Å². The summed E-state index contributed by atoms with van der Waals surface area (Å²) in [4.78, 5) is 11.7. The van der Waals surface area contributed by atoms with Gasteiger partial charge in [0, 0.05) is 6.54 Å². The van der Waals surface area contributed by atoms with Crippen LogP contribution in [0.25, 0.3) is 0 Å². The van der Waals surface area contributed by atoms with E-state index < -0.39 is 6.09 Å². The topological polar surface area (TPSA) is 38.3 Å². The van der Waals surface area contributed by atoms with Crippen LogP contribution in [0.3, 0.4) is 0 Å². The average Bonchev–Trinajstić information content (AvgIpc) is 2.47. The standard InChI is InChI=1S/C16H17NO2/c1-2-17-16(18)19-15(13-9-5-3-6-10-13)14-11-7-4-8-12-14/h3-12,15H,2H2,1H3,(H,17,18). The second-order valence-corrected chi connectivity index (χ2v) is 4.14. The molecule has 0 heterocycles. The summed E-state index contributed by atoms with van der Waals surface area (Å²) in [6.07, 6.45) is -0.783. The highest BCUT2D eigenvalue weighted by Gasteiger charge is 2.17. The molecule has 0 fully saturated rings. The van der Waals surface area contributed by atoms with Crippen molar-refractivity contribution >= 4 is 6.09 Å². The fourth-order valence-corrected chi connectivity index (χ4v) is 1.88. The van der Waals surface area contributed by atoms with Crippen molar-refractivity contribution in [2.24, 2.45) is 0 Å². The summed E-state index contributed by atoms with van der Waals surface area (Å²) in [6.45, 7) is 2.41. The maximum absolute atomic E-state index is 11.7. The van der Waals surface area contributed by atoms with Gasteiger partial charge in [-0.15, -0.1) is 0 Å². The smallest absolute Gasteiger partial charge is 0.408 e. The van der Waals surface area contributed by atoms with Crippen LogP contribution in [0.4, 0.5) is 4.79 Å². The van der Waals surface area contributed by atoms with Crippen LogP contribution in [-0.2, 0) is 4.74 Å². The normalized spacial score (nSPS) is 10.2. The Kier molecular flexibility index (Phi) is 4.56. The van der Waals surface area contributed by atoms with E-state index in [2.05, 4.69) is 5.32 Å². The molecule has 0 aliphatic heterocycles. The summed E-state index contributed by atoms with van der Waals surface area (Å²) in [5, 5.41) is 2.65. The second kappa shape index (κ2) is 6.59. The molecule has 1 amide bonds. The summed E-state index contributed by atoms with van der Waals surface area (Å²) in [5.41, 5.74) is 1.92. The lowest BCUT2D eigenvalue weighted by Crippen LogP contribution is -2.26. The zero-order valence-corrected chi connectivity index (χ0v) is 10.9. The molecule has 2 rings (SSSR count). The van der Waals surface area contributed by atoms with Crippen LogP contribution in [0.5, 0.6) is 0 Å². The van der Waals surface area contributed by atoms with Gasteiger partial charge in [-0.1, -0.05) is 60.7 Å². The van der Waals surface area contributed by atoms with Crippen LogP contribution < -0.4 is 5.32 Å². The lowest BCUT2D eigenvalue weighted by atomic mass is 10.0. The average molecular weight is 255 g/mol. The summed E-state index contributed by atoms with van der Waals surface area (Å²) >= 11 is 0. The van der Waals surface area contributed by atoms with E-state index in [9.17, 15) is 4.79 Å². The first-order valence-electron chi connectivity index (χ1n) is 6.35. The molecule has 2 aromatic rings. The highest BCUT2D eigenvalue weighted by Crippen LogP contribution is 2.25. The molecule has 0 spiro atoms. The Labute approximate surface area is 113 Å². The van der Waals surface area contributed by atoms with E-state index in [4.69, 9.17) is 4.74 Å². The van der Waals surface area contributed by atoms with E-state index in [0.717, 1.165) is 11.1 Å². The quantitative estimate of drug-likeness (QED) is 0.907. The van der Waals surface area contributed by atoms with Crippen molar-refractivity contribution in [2.45, 2.75) is 13.0 Å². The molecule has 19 heavy (non-hydrogen) atoms. The monoisotopic (exact) mass is 255 g/mol. The van der Waals surface area contributed by atoms with E-state index in [-0.39, 0.29) is 6.10 Å². The van der Waals surface area contributed by atoms with Crippen LogP contribution in [-0.4, -0.2) is 12.6 Å². The number of nitrogens with one attached hydrogen (secondary N) is 1. The Morgan fingerprint density at radius 3 is 1.89 bits per heavy atom. The number of hydrogen-bond donors (Lipinski definition) is 1. The highest BCUT2D eigenvalue weighted by molar-refractivity contribution is 5.67. The molecule has 2 aromatic carbocycles. The molecular formula is C16H17NO2. The molecule has 0 aliphatic rings. The van der Waals surface area contributed by atoms with E-state index in [1.165, 1.54) is 0 Å². The molecule has 1 N–H and O–H groups in total. The van der Waals surface area contributed by atoms with Gasteiger partial charge in [-0.3, -0.25) is 0 Å². The number of amides is 1. The molecule has 3 heteroatoms. The number of hydrogen-bond acceptors (Lipinski definition) is 2. The van der Waals surface area contributed by atoms with Crippen molar-refractivity contribution in [2.75, 3.05) is 6.54 Å². The van der Waals surface area contributed by atoms with Crippen LogP contribution in [0.1, 0.15) is 24.2 Å². The Morgan fingerprint density at radius 2 is 1.47 bits per heavy atom. The Bertz CT molecular complexity index is 471. The number of alkyl carbamates (subject to hydrolysis) is 1. The fourth-order valence-electron chi connectivity index (χ4n) is 1.88. The van der Waals surface area contributed by atoms with E-state index in [1.54, 1.807) is 0 Å². The van der Waals surface area contributed by atoms with Crippen molar-refractivity contribution < 1.29 is 9.53 Å². The lowest BCUT2D eigenvalue weighted by Gasteiger charge is -2.18. The summed E-state index contributed by atoms with van der Waals surface area (Å²) < 4.78 is 5.51. The van der Waals surface area contributed by atoms with Gasteiger partial charge in [0.25, 0.3) is 0 Å². The minimum Gasteiger partial charge on any atom is -0.436 e. The fraction of sp³-hybridized carbons (Fsp3) is 0.188. The maximum Gasteiger partial charge on any atom is 0.408 e. The molecule has 0 atom stereocenters. The highest BCUT2D eigenvalue weighted by atomic mass is 16.6. The molecule has 0 bridgehead atoms. The van der Waals surface area contributed by atoms with Gasteiger partial charge in [0.15, 0.2) is 6.10 Å². The van der Waals surface area contributed by atoms with Crippen molar-refractivity contribution in [1.82, 2.24) is 5.32 Å². The van der Waals surface area contributed by atoms with Gasteiger partial charge in [0.05, 0.1) is 0 Å². The minimum atomic E-state index is -0.403. The summed E-state index contributed by atoms with van der Waals surface area (Å²) in [6, 6.07) is 19.5.